The van der Waals surface area contributed by atoms with Gasteiger partial charge in [0.15, 0.2) is 6.61 Å². The Labute approximate surface area is 129 Å². The third-order valence-electron chi connectivity index (χ3n) is 3.11. The van der Waals surface area contributed by atoms with Gasteiger partial charge in [0.2, 0.25) is 0 Å². The lowest BCUT2D eigenvalue weighted by Gasteiger charge is -2.22. The lowest BCUT2D eigenvalue weighted by molar-refractivity contribution is -0.133. The maximum atomic E-state index is 11.9. The van der Waals surface area contributed by atoms with Crippen LogP contribution in [0.15, 0.2) is 22.7 Å². The topological polar surface area (TPSA) is 41.6 Å². The Balaban J connectivity index is 2.69. The minimum Gasteiger partial charge on any atom is -0.483 e. The van der Waals surface area contributed by atoms with E-state index < -0.39 is 0 Å². The Morgan fingerprint density at radius 3 is 2.75 bits per heavy atom. The molecule has 0 spiro atoms. The number of nitrogens with one attached hydrogen (secondary N) is 1. The van der Waals surface area contributed by atoms with E-state index in [0.717, 1.165) is 28.9 Å². The van der Waals surface area contributed by atoms with Crippen molar-refractivity contribution in [1.29, 1.82) is 0 Å². The van der Waals surface area contributed by atoms with E-state index >= 15 is 0 Å². The van der Waals surface area contributed by atoms with Gasteiger partial charge in [-0.15, -0.1) is 0 Å². The fourth-order valence-corrected chi connectivity index (χ4v) is 2.02. The van der Waals surface area contributed by atoms with Gasteiger partial charge in [0.05, 0.1) is 0 Å². The lowest BCUT2D eigenvalue weighted by Crippen LogP contribution is -2.36. The van der Waals surface area contributed by atoms with Crippen molar-refractivity contribution in [1.82, 2.24) is 10.2 Å². The molecular weight excluding hydrogens is 320 g/mol. The number of amides is 1. The number of ether oxygens (including phenoxy) is 1. The molecule has 0 saturated carbocycles. The maximum Gasteiger partial charge on any atom is 0.260 e. The van der Waals surface area contributed by atoms with E-state index in [1.165, 1.54) is 0 Å². The molecule has 1 aromatic carbocycles. The summed E-state index contributed by atoms with van der Waals surface area (Å²) in [5.74, 6) is 0.733. The largest absolute Gasteiger partial charge is 0.483 e. The molecule has 0 aliphatic heterocycles. The zero-order valence-electron chi connectivity index (χ0n) is 12.6. The van der Waals surface area contributed by atoms with Gasteiger partial charge in [-0.1, -0.05) is 22.9 Å². The van der Waals surface area contributed by atoms with Gasteiger partial charge in [-0.2, -0.15) is 0 Å². The summed E-state index contributed by atoms with van der Waals surface area (Å²) in [6, 6.07) is 5.99. The van der Waals surface area contributed by atoms with Crippen LogP contribution in [0, 0.1) is 0 Å². The number of hydrogen-bond acceptors (Lipinski definition) is 3. The molecule has 1 amide bonds. The standard InChI is InChI=1S/C15H23BrN2O2/c1-5-17-9-12-8-13(16)6-7-14(12)20-10-15(19)18(4)11(2)3/h6-8,11,17H,5,9-10H2,1-4H3. The Bertz CT molecular complexity index is 449. The van der Waals surface area contributed by atoms with Gasteiger partial charge in [0, 0.05) is 29.7 Å². The average molecular weight is 343 g/mol. The molecule has 0 aliphatic carbocycles. The first-order chi connectivity index (χ1) is 9.45. The summed E-state index contributed by atoms with van der Waals surface area (Å²) < 4.78 is 6.67. The summed E-state index contributed by atoms with van der Waals surface area (Å²) in [6.07, 6.45) is 0. The molecule has 0 unspecified atom stereocenters. The van der Waals surface area contributed by atoms with Crippen molar-refractivity contribution in [3.05, 3.63) is 28.2 Å². The quantitative estimate of drug-likeness (QED) is 0.828. The highest BCUT2D eigenvalue weighted by atomic mass is 79.9. The van der Waals surface area contributed by atoms with Crippen molar-refractivity contribution in [2.24, 2.45) is 0 Å². The second kappa shape index (κ2) is 8.27. The minimum absolute atomic E-state index is 0.0164. The van der Waals surface area contributed by atoms with Crippen LogP contribution in [0.5, 0.6) is 5.75 Å². The zero-order valence-corrected chi connectivity index (χ0v) is 14.2. The Hall–Kier alpha value is -1.07. The van der Waals surface area contributed by atoms with Crippen LogP contribution >= 0.6 is 15.9 Å². The third kappa shape index (κ3) is 5.13. The molecule has 20 heavy (non-hydrogen) atoms. The predicted octanol–water partition coefficient (Wildman–Crippen LogP) is 2.80. The lowest BCUT2D eigenvalue weighted by atomic mass is 10.2. The van der Waals surface area contributed by atoms with E-state index in [-0.39, 0.29) is 18.6 Å². The van der Waals surface area contributed by atoms with Crippen LogP contribution in [0.4, 0.5) is 0 Å². The molecule has 0 aliphatic rings. The number of benzene rings is 1. The molecule has 112 valence electrons. The van der Waals surface area contributed by atoms with E-state index in [1.807, 2.05) is 32.0 Å². The normalized spacial score (nSPS) is 10.7. The third-order valence-corrected chi connectivity index (χ3v) is 3.60. The van der Waals surface area contributed by atoms with Gasteiger partial charge >= 0.3 is 0 Å². The summed E-state index contributed by atoms with van der Waals surface area (Å²) in [4.78, 5) is 13.6. The van der Waals surface area contributed by atoms with Crippen LogP contribution in [-0.2, 0) is 11.3 Å². The summed E-state index contributed by atoms with van der Waals surface area (Å²) in [7, 11) is 1.79. The van der Waals surface area contributed by atoms with Crippen molar-refractivity contribution in [3.63, 3.8) is 0 Å². The molecular formula is C15H23BrN2O2. The zero-order chi connectivity index (χ0) is 15.1. The molecule has 5 heteroatoms. The maximum absolute atomic E-state index is 11.9. The number of rotatable bonds is 7. The second-order valence-electron chi connectivity index (χ2n) is 4.92. The Morgan fingerprint density at radius 1 is 1.45 bits per heavy atom. The van der Waals surface area contributed by atoms with E-state index in [1.54, 1.807) is 11.9 Å². The number of carbonyl (C=O) groups excluding carboxylic acids is 1. The second-order valence-corrected chi connectivity index (χ2v) is 5.84. The highest BCUT2D eigenvalue weighted by molar-refractivity contribution is 9.10. The summed E-state index contributed by atoms with van der Waals surface area (Å²) >= 11 is 3.45. The summed E-state index contributed by atoms with van der Waals surface area (Å²) in [5.41, 5.74) is 1.04. The number of carbonyl (C=O) groups is 1. The van der Waals surface area contributed by atoms with Crippen LogP contribution in [-0.4, -0.2) is 37.0 Å². The molecule has 0 atom stereocenters. The Morgan fingerprint density at radius 2 is 2.15 bits per heavy atom. The Kier molecular flexibility index (Phi) is 7.02. The van der Waals surface area contributed by atoms with Crippen molar-refractivity contribution < 1.29 is 9.53 Å². The van der Waals surface area contributed by atoms with Crippen LogP contribution in [0.3, 0.4) is 0 Å². The first-order valence-corrected chi connectivity index (χ1v) is 7.62. The van der Waals surface area contributed by atoms with Gasteiger partial charge in [0.25, 0.3) is 5.91 Å². The molecule has 0 heterocycles. The van der Waals surface area contributed by atoms with E-state index in [2.05, 4.69) is 28.2 Å². The fraction of sp³-hybridized carbons (Fsp3) is 0.533. The number of halogens is 1. The monoisotopic (exact) mass is 342 g/mol. The molecule has 0 aromatic heterocycles. The van der Waals surface area contributed by atoms with Gasteiger partial charge < -0.3 is 15.0 Å². The number of likely N-dealkylation sites (N-methyl/N-ethyl adjacent to an activating group) is 1. The van der Waals surface area contributed by atoms with Crippen molar-refractivity contribution in [2.75, 3.05) is 20.2 Å². The summed E-state index contributed by atoms with van der Waals surface area (Å²) in [6.45, 7) is 7.69. The first-order valence-electron chi connectivity index (χ1n) is 6.83. The molecule has 0 radical (unpaired) electrons. The molecule has 0 bridgehead atoms. The summed E-state index contributed by atoms with van der Waals surface area (Å²) in [5, 5.41) is 3.26. The highest BCUT2D eigenvalue weighted by Gasteiger charge is 2.13. The van der Waals surface area contributed by atoms with Crippen molar-refractivity contribution >= 4 is 21.8 Å². The molecule has 1 N–H and O–H groups in total. The van der Waals surface area contributed by atoms with Crippen LogP contribution < -0.4 is 10.1 Å². The van der Waals surface area contributed by atoms with Gasteiger partial charge in [-0.3, -0.25) is 4.79 Å². The first kappa shape index (κ1) is 17.0. The van der Waals surface area contributed by atoms with Gasteiger partial charge in [-0.25, -0.2) is 0 Å². The highest BCUT2D eigenvalue weighted by Crippen LogP contribution is 2.23. The van der Waals surface area contributed by atoms with Crippen molar-refractivity contribution in [3.8, 4) is 5.75 Å². The SMILES string of the molecule is CCNCc1cc(Br)ccc1OCC(=O)N(C)C(C)C. The van der Waals surface area contributed by atoms with Crippen LogP contribution in [0.25, 0.3) is 0 Å². The fourth-order valence-electron chi connectivity index (χ4n) is 1.62. The van der Waals surface area contributed by atoms with Crippen molar-refractivity contribution in [2.45, 2.75) is 33.4 Å². The molecule has 1 rings (SSSR count). The number of hydrogen-bond donors (Lipinski definition) is 1. The van der Waals surface area contributed by atoms with Gasteiger partial charge in [0.1, 0.15) is 5.75 Å². The molecule has 0 saturated heterocycles. The minimum atomic E-state index is -0.0164. The number of nitrogens with zero attached hydrogens (tertiary/aromatic N) is 1. The van der Waals surface area contributed by atoms with E-state index in [4.69, 9.17) is 4.74 Å². The van der Waals surface area contributed by atoms with E-state index in [9.17, 15) is 4.79 Å². The van der Waals surface area contributed by atoms with E-state index in [0.29, 0.717) is 0 Å². The average Bonchev–Trinajstić information content (AvgIpc) is 2.42. The molecule has 1 aromatic rings. The van der Waals surface area contributed by atoms with Crippen LogP contribution in [0.1, 0.15) is 26.3 Å². The van der Waals surface area contributed by atoms with Gasteiger partial charge in [-0.05, 0) is 38.6 Å². The van der Waals surface area contributed by atoms with Crippen LogP contribution in [0.2, 0.25) is 0 Å². The smallest absolute Gasteiger partial charge is 0.260 e. The predicted molar refractivity (Wildman–Crippen MR) is 84.9 cm³/mol. The molecule has 4 nitrogen and oxygen atoms in total. The molecule has 0 fully saturated rings.